The molecule has 2 aromatic carbocycles. The highest BCUT2D eigenvalue weighted by Gasteiger charge is 2.35. The average molecular weight is 544 g/mol. The molecule has 8 heteroatoms. The number of anilines is 1. The number of nitrogens with one attached hydrogen (secondary N) is 2. The zero-order chi connectivity index (χ0) is 28.5. The van der Waals surface area contributed by atoms with Crippen LogP contribution in [0.1, 0.15) is 83.0 Å². The molecule has 0 saturated carbocycles. The van der Waals surface area contributed by atoms with Crippen LogP contribution in [0.5, 0.6) is 0 Å². The Balaban J connectivity index is 2.47. The lowest BCUT2D eigenvalue weighted by Crippen LogP contribution is -2.51. The molecule has 2 unspecified atom stereocenters. The second-order valence-electron chi connectivity index (χ2n) is 10.7. The van der Waals surface area contributed by atoms with Gasteiger partial charge in [-0.15, -0.1) is 0 Å². The number of hydrogen-bond acceptors (Lipinski definition) is 4. The van der Waals surface area contributed by atoms with Gasteiger partial charge >= 0.3 is 6.09 Å². The SMILES string of the molecule is CCCCCCN(C(=O)C(C)NC(=O)OC(C)(C)C)C(C(=O)Nc1c(C)cccc1Cl)c1cccc(C)c1. The molecule has 2 atom stereocenters. The van der Waals surface area contributed by atoms with Gasteiger partial charge in [-0.2, -0.15) is 0 Å². The standard InChI is InChI=1S/C30H42ClN3O4/c1-8-9-10-11-18-34(28(36)22(4)32-29(37)38-30(5,6)7)26(23-16-12-14-20(2)19-23)27(35)33-25-21(3)15-13-17-24(25)31/h12-17,19,22,26H,8-11,18H2,1-7H3,(H,32,37)(H,33,35). The number of unbranched alkanes of at least 4 members (excludes halogenated alkanes) is 3. The highest BCUT2D eigenvalue weighted by atomic mass is 35.5. The number of halogens is 1. The fraction of sp³-hybridized carbons (Fsp3) is 0.500. The van der Waals surface area contributed by atoms with Gasteiger partial charge in [-0.25, -0.2) is 4.79 Å². The van der Waals surface area contributed by atoms with Crippen molar-refractivity contribution < 1.29 is 19.1 Å². The number of nitrogens with zero attached hydrogens (tertiary/aromatic N) is 1. The van der Waals surface area contributed by atoms with Gasteiger partial charge in [0.15, 0.2) is 0 Å². The summed E-state index contributed by atoms with van der Waals surface area (Å²) in [6.07, 6.45) is 3.01. The molecule has 208 valence electrons. The number of para-hydroxylation sites is 1. The average Bonchev–Trinajstić information content (AvgIpc) is 2.81. The monoisotopic (exact) mass is 543 g/mol. The summed E-state index contributed by atoms with van der Waals surface area (Å²) >= 11 is 6.41. The van der Waals surface area contributed by atoms with Crippen LogP contribution in [0.2, 0.25) is 5.02 Å². The van der Waals surface area contributed by atoms with Gasteiger partial charge in [-0.1, -0.05) is 79.7 Å². The molecule has 2 N–H and O–H groups in total. The number of benzene rings is 2. The van der Waals surface area contributed by atoms with Crippen molar-refractivity contribution in [3.63, 3.8) is 0 Å². The summed E-state index contributed by atoms with van der Waals surface area (Å²) < 4.78 is 5.35. The minimum Gasteiger partial charge on any atom is -0.444 e. The fourth-order valence-corrected chi connectivity index (χ4v) is 4.43. The van der Waals surface area contributed by atoms with E-state index in [9.17, 15) is 14.4 Å². The molecule has 2 rings (SSSR count). The predicted molar refractivity (Wildman–Crippen MR) is 153 cm³/mol. The Labute approximate surface area is 232 Å². The number of ether oxygens (including phenoxy) is 1. The molecule has 0 saturated heterocycles. The summed E-state index contributed by atoms with van der Waals surface area (Å²) in [5, 5.41) is 6.02. The van der Waals surface area contributed by atoms with Crippen LogP contribution in [0, 0.1) is 13.8 Å². The molecule has 7 nitrogen and oxygen atoms in total. The molecule has 3 amide bonds. The van der Waals surface area contributed by atoms with Crippen molar-refractivity contribution in [1.82, 2.24) is 10.2 Å². The van der Waals surface area contributed by atoms with E-state index >= 15 is 0 Å². The van der Waals surface area contributed by atoms with E-state index in [1.165, 1.54) is 0 Å². The molecular weight excluding hydrogens is 502 g/mol. The van der Waals surface area contributed by atoms with E-state index in [4.69, 9.17) is 16.3 Å². The zero-order valence-corrected chi connectivity index (χ0v) is 24.4. The summed E-state index contributed by atoms with van der Waals surface area (Å²) in [6.45, 7) is 13.2. The summed E-state index contributed by atoms with van der Waals surface area (Å²) in [7, 11) is 0. The van der Waals surface area contributed by atoms with Gasteiger partial charge in [-0.3, -0.25) is 9.59 Å². The van der Waals surface area contributed by atoms with E-state index in [-0.39, 0.29) is 11.8 Å². The van der Waals surface area contributed by atoms with Gasteiger partial charge in [0, 0.05) is 6.54 Å². The molecule has 0 aliphatic heterocycles. The quantitative estimate of drug-likeness (QED) is 0.300. The Kier molecular flexibility index (Phi) is 11.6. The third-order valence-corrected chi connectivity index (χ3v) is 6.34. The third kappa shape index (κ3) is 9.35. The zero-order valence-electron chi connectivity index (χ0n) is 23.7. The summed E-state index contributed by atoms with van der Waals surface area (Å²) in [5.74, 6) is -0.745. The molecule has 0 aliphatic rings. The molecule has 38 heavy (non-hydrogen) atoms. The fourth-order valence-electron chi connectivity index (χ4n) is 4.17. The Morgan fingerprint density at radius 2 is 1.71 bits per heavy atom. The lowest BCUT2D eigenvalue weighted by molar-refractivity contribution is -0.140. The van der Waals surface area contributed by atoms with Crippen molar-refractivity contribution in [3.8, 4) is 0 Å². The number of hydrogen-bond donors (Lipinski definition) is 2. The second kappa shape index (κ2) is 14.2. The van der Waals surface area contributed by atoms with Crippen molar-refractivity contribution >= 4 is 35.2 Å². The number of carbonyl (C=O) groups excluding carboxylic acids is 3. The van der Waals surface area contributed by atoms with Gasteiger partial charge in [-0.05, 0) is 65.2 Å². The highest BCUT2D eigenvalue weighted by Crippen LogP contribution is 2.30. The predicted octanol–water partition coefficient (Wildman–Crippen LogP) is 6.96. The Morgan fingerprint density at radius 3 is 2.32 bits per heavy atom. The molecular formula is C30H42ClN3O4. The van der Waals surface area contributed by atoms with Crippen LogP contribution in [-0.4, -0.2) is 41.0 Å². The van der Waals surface area contributed by atoms with Gasteiger partial charge in [0.05, 0.1) is 10.7 Å². The van der Waals surface area contributed by atoms with Gasteiger partial charge in [0.2, 0.25) is 5.91 Å². The van der Waals surface area contributed by atoms with Gasteiger partial charge < -0.3 is 20.3 Å². The third-order valence-electron chi connectivity index (χ3n) is 6.03. The molecule has 2 aromatic rings. The van der Waals surface area contributed by atoms with Gasteiger partial charge in [0.1, 0.15) is 17.7 Å². The van der Waals surface area contributed by atoms with E-state index < -0.39 is 23.8 Å². The van der Waals surface area contributed by atoms with Crippen LogP contribution in [0.3, 0.4) is 0 Å². The molecule has 0 heterocycles. The molecule has 0 bridgehead atoms. The first-order chi connectivity index (χ1) is 17.8. The van der Waals surface area contributed by atoms with E-state index in [0.29, 0.717) is 22.8 Å². The largest absolute Gasteiger partial charge is 0.444 e. The number of rotatable bonds is 11. The van der Waals surface area contributed by atoms with Crippen LogP contribution in [0.15, 0.2) is 42.5 Å². The summed E-state index contributed by atoms with van der Waals surface area (Å²) in [6, 6.07) is 11.1. The summed E-state index contributed by atoms with van der Waals surface area (Å²) in [5.41, 5.74) is 2.27. The van der Waals surface area contributed by atoms with Crippen molar-refractivity contribution in [2.75, 3.05) is 11.9 Å². The topological polar surface area (TPSA) is 87.7 Å². The first-order valence-corrected chi connectivity index (χ1v) is 13.6. The molecule has 0 fully saturated rings. The number of aryl methyl sites for hydroxylation is 2. The Hall–Kier alpha value is -3.06. The minimum absolute atomic E-state index is 0.354. The normalized spacial score (nSPS) is 12.8. The molecule has 0 radical (unpaired) electrons. The first kappa shape index (κ1) is 31.2. The smallest absolute Gasteiger partial charge is 0.408 e. The molecule has 0 aromatic heterocycles. The van der Waals surface area contributed by atoms with Crippen molar-refractivity contribution in [3.05, 3.63) is 64.2 Å². The summed E-state index contributed by atoms with van der Waals surface area (Å²) in [4.78, 5) is 41.8. The number of carbonyl (C=O) groups is 3. The molecule has 0 aliphatic carbocycles. The van der Waals surface area contributed by atoms with Crippen LogP contribution in [0.4, 0.5) is 10.5 Å². The van der Waals surface area contributed by atoms with Crippen molar-refractivity contribution in [2.24, 2.45) is 0 Å². The lowest BCUT2D eigenvalue weighted by atomic mass is 10.00. The maximum atomic E-state index is 13.9. The van der Waals surface area contributed by atoms with Crippen LogP contribution < -0.4 is 10.6 Å². The van der Waals surface area contributed by atoms with Gasteiger partial charge in [0.25, 0.3) is 5.91 Å². The first-order valence-electron chi connectivity index (χ1n) is 13.3. The maximum Gasteiger partial charge on any atom is 0.408 e. The lowest BCUT2D eigenvalue weighted by Gasteiger charge is -2.34. The van der Waals surface area contributed by atoms with Crippen molar-refractivity contribution in [2.45, 2.75) is 91.8 Å². The number of alkyl carbamates (subject to hydrolysis) is 1. The van der Waals surface area contributed by atoms with Crippen LogP contribution in [0.25, 0.3) is 0 Å². The van der Waals surface area contributed by atoms with E-state index in [0.717, 1.165) is 36.8 Å². The maximum absolute atomic E-state index is 13.9. The highest BCUT2D eigenvalue weighted by molar-refractivity contribution is 6.34. The van der Waals surface area contributed by atoms with Crippen LogP contribution >= 0.6 is 11.6 Å². The van der Waals surface area contributed by atoms with E-state index in [1.807, 2.05) is 50.2 Å². The Morgan fingerprint density at radius 1 is 1.03 bits per heavy atom. The van der Waals surface area contributed by atoms with Crippen molar-refractivity contribution in [1.29, 1.82) is 0 Å². The minimum atomic E-state index is -0.928. The van der Waals surface area contributed by atoms with E-state index in [2.05, 4.69) is 17.6 Å². The second-order valence-corrected chi connectivity index (χ2v) is 11.1. The van der Waals surface area contributed by atoms with E-state index in [1.54, 1.807) is 38.7 Å². The Bertz CT molecular complexity index is 1090. The number of amides is 3. The van der Waals surface area contributed by atoms with Crippen LogP contribution in [-0.2, 0) is 14.3 Å². The molecule has 0 spiro atoms.